The smallest absolute Gasteiger partial charge is 0.396 e. The van der Waals surface area contributed by atoms with Crippen LogP contribution >= 0.6 is 0 Å². The number of aryl methyl sites for hydroxylation is 1. The van der Waals surface area contributed by atoms with Gasteiger partial charge in [-0.05, 0) is 18.6 Å². The van der Waals surface area contributed by atoms with Crippen LogP contribution in [0.1, 0.15) is 28.6 Å². The number of para-hydroxylation sites is 1. The average molecular weight is 342 g/mol. The van der Waals surface area contributed by atoms with Crippen LogP contribution in [0.25, 0.3) is 0 Å². The fraction of sp³-hybridized carbons (Fsp3) is 0.267. The normalized spacial score (nSPS) is 11.2. The number of hydrogen-bond acceptors (Lipinski definition) is 5. The molecule has 1 heterocycles. The van der Waals surface area contributed by atoms with Gasteiger partial charge in [-0.1, -0.05) is 17.3 Å². The molecule has 0 spiro atoms. The molecule has 1 amide bonds. The Morgan fingerprint density at radius 2 is 2.04 bits per heavy atom. The van der Waals surface area contributed by atoms with E-state index in [4.69, 9.17) is 4.74 Å². The number of alkyl halides is 3. The molecule has 0 fully saturated rings. The molecule has 0 unspecified atom stereocenters. The SMILES string of the molecule is CC(=O)Oc1c(C)cccc1C(=O)Nc1cc(CC(F)(F)F)on1. The van der Waals surface area contributed by atoms with E-state index in [-0.39, 0.29) is 17.1 Å². The number of halogens is 3. The summed E-state index contributed by atoms with van der Waals surface area (Å²) in [5, 5.41) is 5.67. The molecule has 0 radical (unpaired) electrons. The highest BCUT2D eigenvalue weighted by atomic mass is 19.4. The molecule has 0 saturated carbocycles. The number of benzene rings is 1. The summed E-state index contributed by atoms with van der Waals surface area (Å²) in [4.78, 5) is 23.4. The minimum absolute atomic E-state index is 0.0468. The van der Waals surface area contributed by atoms with Crippen LogP contribution in [0.5, 0.6) is 5.75 Å². The van der Waals surface area contributed by atoms with E-state index in [2.05, 4.69) is 15.0 Å². The van der Waals surface area contributed by atoms with Gasteiger partial charge in [-0.15, -0.1) is 0 Å². The van der Waals surface area contributed by atoms with Crippen molar-refractivity contribution in [3.8, 4) is 5.75 Å². The maximum Gasteiger partial charge on any atom is 0.396 e. The van der Waals surface area contributed by atoms with Gasteiger partial charge in [0.2, 0.25) is 0 Å². The van der Waals surface area contributed by atoms with Crippen molar-refractivity contribution in [2.24, 2.45) is 0 Å². The van der Waals surface area contributed by atoms with Crippen LogP contribution in [0.4, 0.5) is 19.0 Å². The first-order valence-electron chi connectivity index (χ1n) is 6.77. The first kappa shape index (κ1) is 17.5. The van der Waals surface area contributed by atoms with Crippen LogP contribution in [-0.4, -0.2) is 23.2 Å². The number of carbonyl (C=O) groups is 2. The van der Waals surface area contributed by atoms with Crippen LogP contribution in [0, 0.1) is 6.92 Å². The molecule has 2 rings (SSSR count). The van der Waals surface area contributed by atoms with Crippen molar-refractivity contribution < 1.29 is 32.0 Å². The van der Waals surface area contributed by atoms with E-state index in [1.54, 1.807) is 19.1 Å². The van der Waals surface area contributed by atoms with E-state index >= 15 is 0 Å². The summed E-state index contributed by atoms with van der Waals surface area (Å²) in [6, 6.07) is 5.62. The van der Waals surface area contributed by atoms with E-state index in [1.165, 1.54) is 13.0 Å². The molecule has 0 atom stereocenters. The lowest BCUT2D eigenvalue weighted by molar-refractivity contribution is -0.132. The Bertz CT molecular complexity index is 768. The zero-order valence-electron chi connectivity index (χ0n) is 12.7. The number of amides is 1. The predicted molar refractivity (Wildman–Crippen MR) is 76.7 cm³/mol. The van der Waals surface area contributed by atoms with Crippen LogP contribution in [-0.2, 0) is 11.2 Å². The molecule has 24 heavy (non-hydrogen) atoms. The quantitative estimate of drug-likeness (QED) is 0.681. The lowest BCUT2D eigenvalue weighted by Gasteiger charge is -2.10. The number of anilines is 1. The molecule has 1 aromatic carbocycles. The molecule has 0 aliphatic rings. The minimum Gasteiger partial charge on any atom is -0.426 e. The third kappa shape index (κ3) is 4.58. The third-order valence-electron chi connectivity index (χ3n) is 2.88. The van der Waals surface area contributed by atoms with Crippen LogP contribution in [0.2, 0.25) is 0 Å². The highest BCUT2D eigenvalue weighted by molar-refractivity contribution is 6.06. The number of ether oxygens (including phenoxy) is 1. The van der Waals surface area contributed by atoms with Crippen molar-refractivity contribution in [1.29, 1.82) is 0 Å². The van der Waals surface area contributed by atoms with Crippen molar-refractivity contribution in [3.63, 3.8) is 0 Å². The van der Waals surface area contributed by atoms with E-state index in [1.807, 2.05) is 0 Å². The standard InChI is InChI=1S/C15H13F3N2O4/c1-8-4-3-5-11(13(8)23-9(2)21)14(22)19-12-6-10(24-20-12)7-15(16,17)18/h3-6H,7H2,1-2H3,(H,19,20,22). The van der Waals surface area contributed by atoms with Crippen molar-refractivity contribution in [2.75, 3.05) is 5.32 Å². The van der Waals surface area contributed by atoms with Gasteiger partial charge in [-0.3, -0.25) is 9.59 Å². The molecular formula is C15H13F3N2O4. The average Bonchev–Trinajstić information content (AvgIpc) is 2.85. The summed E-state index contributed by atoms with van der Waals surface area (Å²) in [5.74, 6) is -1.83. The molecule has 0 bridgehead atoms. The summed E-state index contributed by atoms with van der Waals surface area (Å²) < 4.78 is 46.4. The van der Waals surface area contributed by atoms with Crippen LogP contribution in [0.3, 0.4) is 0 Å². The Morgan fingerprint density at radius 3 is 2.67 bits per heavy atom. The Labute approximate surface area is 134 Å². The van der Waals surface area contributed by atoms with Gasteiger partial charge in [-0.2, -0.15) is 13.2 Å². The van der Waals surface area contributed by atoms with Crippen molar-refractivity contribution >= 4 is 17.7 Å². The monoisotopic (exact) mass is 342 g/mol. The lowest BCUT2D eigenvalue weighted by atomic mass is 10.1. The molecule has 0 aliphatic heterocycles. The Kier molecular flexibility index (Phi) is 4.91. The van der Waals surface area contributed by atoms with Crippen LogP contribution < -0.4 is 10.1 Å². The molecule has 128 valence electrons. The molecule has 1 aromatic heterocycles. The Morgan fingerprint density at radius 1 is 1.33 bits per heavy atom. The number of nitrogens with one attached hydrogen (secondary N) is 1. The number of hydrogen-bond donors (Lipinski definition) is 1. The zero-order valence-corrected chi connectivity index (χ0v) is 12.7. The van der Waals surface area contributed by atoms with Crippen LogP contribution in [0.15, 0.2) is 28.8 Å². The summed E-state index contributed by atoms with van der Waals surface area (Å²) in [5.41, 5.74) is 0.598. The van der Waals surface area contributed by atoms with Gasteiger partial charge in [0.15, 0.2) is 5.82 Å². The largest absolute Gasteiger partial charge is 0.426 e. The van der Waals surface area contributed by atoms with Gasteiger partial charge < -0.3 is 14.6 Å². The maximum atomic E-state index is 12.3. The minimum atomic E-state index is -4.44. The van der Waals surface area contributed by atoms with Gasteiger partial charge in [0.05, 0.1) is 5.56 Å². The molecule has 0 saturated heterocycles. The summed E-state index contributed by atoms with van der Waals surface area (Å²) in [6.07, 6.45) is -5.74. The van der Waals surface area contributed by atoms with Crippen molar-refractivity contribution in [3.05, 3.63) is 41.2 Å². The molecule has 6 nitrogen and oxygen atoms in total. The number of carbonyl (C=O) groups excluding carboxylic acids is 2. The van der Waals surface area contributed by atoms with Crippen molar-refractivity contribution in [2.45, 2.75) is 26.4 Å². The van der Waals surface area contributed by atoms with Gasteiger partial charge in [0, 0.05) is 13.0 Å². The summed E-state index contributed by atoms with van der Waals surface area (Å²) >= 11 is 0. The number of rotatable bonds is 4. The van der Waals surface area contributed by atoms with Gasteiger partial charge in [-0.25, -0.2) is 0 Å². The van der Waals surface area contributed by atoms with E-state index < -0.39 is 30.2 Å². The second-order valence-electron chi connectivity index (χ2n) is 4.97. The number of nitrogens with zero attached hydrogens (tertiary/aromatic N) is 1. The Balaban J connectivity index is 2.19. The van der Waals surface area contributed by atoms with E-state index in [0.717, 1.165) is 6.07 Å². The summed E-state index contributed by atoms with van der Waals surface area (Å²) in [6.45, 7) is 2.84. The van der Waals surface area contributed by atoms with Gasteiger partial charge in [0.25, 0.3) is 5.91 Å². The third-order valence-corrected chi connectivity index (χ3v) is 2.88. The fourth-order valence-corrected chi connectivity index (χ4v) is 1.95. The highest BCUT2D eigenvalue weighted by Gasteiger charge is 2.30. The van der Waals surface area contributed by atoms with Crippen molar-refractivity contribution in [1.82, 2.24) is 5.16 Å². The Hall–Kier alpha value is -2.84. The second kappa shape index (κ2) is 6.73. The van der Waals surface area contributed by atoms with Gasteiger partial charge in [0.1, 0.15) is 17.9 Å². The first-order chi connectivity index (χ1) is 11.2. The predicted octanol–water partition coefficient (Wildman–Crippen LogP) is 3.27. The number of esters is 1. The maximum absolute atomic E-state index is 12.3. The fourth-order valence-electron chi connectivity index (χ4n) is 1.95. The molecule has 0 aliphatic carbocycles. The number of aromatic nitrogens is 1. The molecule has 9 heteroatoms. The highest BCUT2D eigenvalue weighted by Crippen LogP contribution is 2.26. The molecule has 1 N–H and O–H groups in total. The molecule has 2 aromatic rings. The van der Waals surface area contributed by atoms with E-state index in [9.17, 15) is 22.8 Å². The van der Waals surface area contributed by atoms with E-state index in [0.29, 0.717) is 5.56 Å². The second-order valence-corrected chi connectivity index (χ2v) is 4.97. The summed E-state index contributed by atoms with van der Waals surface area (Å²) in [7, 11) is 0. The first-order valence-corrected chi connectivity index (χ1v) is 6.77. The zero-order chi connectivity index (χ0) is 17.9. The topological polar surface area (TPSA) is 81.4 Å². The van der Waals surface area contributed by atoms with Gasteiger partial charge >= 0.3 is 12.1 Å². The molecular weight excluding hydrogens is 329 g/mol. The lowest BCUT2D eigenvalue weighted by Crippen LogP contribution is -2.16.